The Kier molecular flexibility index (Phi) is 6.45. The standard InChI is InChI=1S/C21H17F3N4O2.ClH/c22-21(23,24)18-8-11-27-19(30)12-16(14-6-9-25-10-7-14)26-20(27)28(18)13-17(29)15-4-2-1-3-5-15;/h1-7,9-10,12,18H,8,11,13H2;1H. The number of ketones is 1. The topological polar surface area (TPSA) is 68.1 Å². The number of benzene rings is 1. The minimum atomic E-state index is -4.58. The van der Waals surface area contributed by atoms with Crippen LogP contribution < -0.4 is 10.5 Å². The number of hydrogen-bond donors (Lipinski definition) is 0. The molecule has 3 aromatic rings. The van der Waals surface area contributed by atoms with Crippen molar-refractivity contribution in [3.8, 4) is 11.3 Å². The molecule has 1 aliphatic rings. The third-order valence-corrected chi connectivity index (χ3v) is 5.01. The Hall–Kier alpha value is -3.20. The van der Waals surface area contributed by atoms with Crippen molar-refractivity contribution in [3.63, 3.8) is 0 Å². The Morgan fingerprint density at radius 3 is 2.42 bits per heavy atom. The summed E-state index contributed by atoms with van der Waals surface area (Å²) >= 11 is 0. The van der Waals surface area contributed by atoms with Gasteiger partial charge < -0.3 is 4.90 Å². The molecule has 0 bridgehead atoms. The van der Waals surface area contributed by atoms with E-state index in [1.54, 1.807) is 42.5 Å². The Bertz CT molecular complexity index is 1120. The van der Waals surface area contributed by atoms with Crippen LogP contribution in [0, 0.1) is 0 Å². The van der Waals surface area contributed by atoms with Crippen LogP contribution >= 0.6 is 12.4 Å². The summed E-state index contributed by atoms with van der Waals surface area (Å²) in [6.45, 7) is -0.668. The van der Waals surface area contributed by atoms with Gasteiger partial charge >= 0.3 is 6.18 Å². The van der Waals surface area contributed by atoms with E-state index in [0.29, 0.717) is 11.1 Å². The Balaban J connectivity index is 0.00000272. The lowest BCUT2D eigenvalue weighted by Crippen LogP contribution is -2.54. The average molecular weight is 451 g/mol. The first-order valence-corrected chi connectivity index (χ1v) is 9.28. The lowest BCUT2D eigenvalue weighted by Gasteiger charge is -2.38. The Morgan fingerprint density at radius 1 is 1.10 bits per heavy atom. The second-order valence-corrected chi connectivity index (χ2v) is 6.93. The molecule has 4 rings (SSSR count). The molecule has 0 aliphatic carbocycles. The number of pyridine rings is 1. The monoisotopic (exact) mass is 450 g/mol. The van der Waals surface area contributed by atoms with Crippen LogP contribution in [0.4, 0.5) is 19.1 Å². The molecule has 1 atom stereocenters. The number of hydrogen-bond acceptors (Lipinski definition) is 5. The quantitative estimate of drug-likeness (QED) is 0.566. The molecular formula is C21H18ClF3N4O2. The molecule has 0 saturated heterocycles. The smallest absolute Gasteiger partial charge is 0.322 e. The van der Waals surface area contributed by atoms with Gasteiger partial charge in [0.25, 0.3) is 5.56 Å². The molecule has 0 saturated carbocycles. The zero-order valence-electron chi connectivity index (χ0n) is 16.1. The Morgan fingerprint density at radius 2 is 1.77 bits per heavy atom. The zero-order valence-corrected chi connectivity index (χ0v) is 16.9. The predicted octanol–water partition coefficient (Wildman–Crippen LogP) is 3.75. The van der Waals surface area contributed by atoms with Gasteiger partial charge in [-0.2, -0.15) is 13.2 Å². The predicted molar refractivity (Wildman–Crippen MR) is 112 cm³/mol. The first kappa shape index (κ1) is 22.5. The summed E-state index contributed by atoms with van der Waals surface area (Å²) in [6, 6.07) is 10.7. The van der Waals surface area contributed by atoms with Crippen molar-refractivity contribution < 1.29 is 18.0 Å². The molecule has 162 valence electrons. The maximum atomic E-state index is 13.8. The van der Waals surface area contributed by atoms with Gasteiger partial charge in [-0.05, 0) is 18.6 Å². The van der Waals surface area contributed by atoms with Crippen LogP contribution in [0.25, 0.3) is 11.3 Å². The summed E-state index contributed by atoms with van der Waals surface area (Å²) < 4.78 is 42.5. The summed E-state index contributed by atoms with van der Waals surface area (Å²) in [5.74, 6) is -0.644. The first-order chi connectivity index (χ1) is 14.3. The van der Waals surface area contributed by atoms with Gasteiger partial charge in [0, 0.05) is 36.1 Å². The SMILES string of the molecule is Cl.O=C(CN1c2nc(-c3ccncc3)cc(=O)n2CCC1C(F)(F)F)c1ccccc1. The van der Waals surface area contributed by atoms with E-state index < -0.39 is 30.1 Å². The van der Waals surface area contributed by atoms with Crippen LogP contribution in [-0.2, 0) is 6.54 Å². The molecule has 3 heterocycles. The fourth-order valence-electron chi connectivity index (χ4n) is 3.53. The molecule has 0 amide bonds. The minimum absolute atomic E-state index is 0. The highest BCUT2D eigenvalue weighted by Crippen LogP contribution is 2.34. The normalized spacial score (nSPS) is 15.7. The third kappa shape index (κ3) is 4.61. The van der Waals surface area contributed by atoms with Crippen LogP contribution in [0.2, 0.25) is 0 Å². The van der Waals surface area contributed by atoms with E-state index in [1.165, 1.54) is 23.0 Å². The van der Waals surface area contributed by atoms with Crippen molar-refractivity contribution in [3.05, 3.63) is 76.8 Å². The van der Waals surface area contributed by atoms with Gasteiger partial charge in [-0.1, -0.05) is 30.3 Å². The highest BCUT2D eigenvalue weighted by Gasteiger charge is 2.47. The molecule has 0 N–H and O–H groups in total. The minimum Gasteiger partial charge on any atom is -0.322 e. The zero-order chi connectivity index (χ0) is 21.3. The van der Waals surface area contributed by atoms with Crippen molar-refractivity contribution in [2.24, 2.45) is 0 Å². The number of halogens is 4. The molecule has 6 nitrogen and oxygen atoms in total. The van der Waals surface area contributed by atoms with E-state index in [-0.39, 0.29) is 37.0 Å². The maximum absolute atomic E-state index is 13.8. The van der Waals surface area contributed by atoms with Crippen LogP contribution in [0.3, 0.4) is 0 Å². The summed E-state index contributed by atoms with van der Waals surface area (Å²) in [7, 11) is 0. The number of fused-ring (bicyclic) bond motifs is 1. The van der Waals surface area contributed by atoms with Gasteiger partial charge in [-0.3, -0.25) is 19.1 Å². The number of anilines is 1. The van der Waals surface area contributed by atoms with Crippen molar-refractivity contribution in [2.45, 2.75) is 25.2 Å². The lowest BCUT2D eigenvalue weighted by atomic mass is 10.1. The van der Waals surface area contributed by atoms with E-state index in [9.17, 15) is 22.8 Å². The molecule has 2 aromatic heterocycles. The molecule has 0 spiro atoms. The molecule has 0 radical (unpaired) electrons. The van der Waals surface area contributed by atoms with Gasteiger partial charge in [0.2, 0.25) is 5.95 Å². The van der Waals surface area contributed by atoms with Crippen LogP contribution in [0.1, 0.15) is 16.8 Å². The number of Topliss-reactive ketones (excluding diaryl/α,β-unsaturated/α-hetero) is 1. The molecule has 0 fully saturated rings. The first-order valence-electron chi connectivity index (χ1n) is 9.28. The van der Waals surface area contributed by atoms with Crippen LogP contribution in [-0.4, -0.2) is 39.1 Å². The highest BCUT2D eigenvalue weighted by atomic mass is 35.5. The number of carbonyl (C=O) groups is 1. The van der Waals surface area contributed by atoms with Gasteiger partial charge in [0.1, 0.15) is 6.04 Å². The number of rotatable bonds is 4. The molecule has 1 aliphatic heterocycles. The molecule has 1 unspecified atom stereocenters. The van der Waals surface area contributed by atoms with E-state index in [2.05, 4.69) is 9.97 Å². The average Bonchev–Trinajstić information content (AvgIpc) is 2.74. The summed E-state index contributed by atoms with van der Waals surface area (Å²) in [5, 5.41) is 0. The number of aromatic nitrogens is 3. The van der Waals surface area contributed by atoms with Crippen LogP contribution in [0.15, 0.2) is 65.7 Å². The molecule has 31 heavy (non-hydrogen) atoms. The van der Waals surface area contributed by atoms with E-state index >= 15 is 0 Å². The fraction of sp³-hybridized carbons (Fsp3) is 0.238. The summed E-state index contributed by atoms with van der Waals surface area (Å²) in [6.07, 6.45) is -1.91. The number of carbonyl (C=O) groups excluding carboxylic acids is 1. The highest BCUT2D eigenvalue weighted by molar-refractivity contribution is 5.99. The van der Waals surface area contributed by atoms with E-state index in [0.717, 1.165) is 4.90 Å². The van der Waals surface area contributed by atoms with Gasteiger partial charge in [0.05, 0.1) is 12.2 Å². The molecule has 10 heteroatoms. The van der Waals surface area contributed by atoms with Gasteiger partial charge in [-0.25, -0.2) is 4.98 Å². The fourth-order valence-corrected chi connectivity index (χ4v) is 3.53. The summed E-state index contributed by atoms with van der Waals surface area (Å²) in [4.78, 5) is 34.5. The van der Waals surface area contributed by atoms with Crippen molar-refractivity contribution >= 4 is 24.1 Å². The van der Waals surface area contributed by atoms with Crippen molar-refractivity contribution in [1.29, 1.82) is 0 Å². The van der Waals surface area contributed by atoms with Crippen molar-refractivity contribution in [2.75, 3.05) is 11.4 Å². The van der Waals surface area contributed by atoms with E-state index in [1.807, 2.05) is 0 Å². The summed E-state index contributed by atoms with van der Waals surface area (Å²) in [5.41, 5.74) is 0.607. The van der Waals surface area contributed by atoms with E-state index in [4.69, 9.17) is 0 Å². The third-order valence-electron chi connectivity index (χ3n) is 5.01. The second kappa shape index (κ2) is 8.89. The number of alkyl halides is 3. The van der Waals surface area contributed by atoms with Gasteiger partial charge in [0.15, 0.2) is 5.78 Å². The second-order valence-electron chi connectivity index (χ2n) is 6.93. The van der Waals surface area contributed by atoms with Gasteiger partial charge in [-0.15, -0.1) is 12.4 Å². The largest absolute Gasteiger partial charge is 0.408 e. The Labute approximate surface area is 181 Å². The maximum Gasteiger partial charge on any atom is 0.408 e. The van der Waals surface area contributed by atoms with Crippen LogP contribution in [0.5, 0.6) is 0 Å². The lowest BCUT2D eigenvalue weighted by molar-refractivity contribution is -0.152. The molecule has 1 aromatic carbocycles. The van der Waals surface area contributed by atoms with Crippen molar-refractivity contribution in [1.82, 2.24) is 14.5 Å². The number of nitrogens with zero attached hydrogens (tertiary/aromatic N) is 4. The molecular weight excluding hydrogens is 433 g/mol.